The van der Waals surface area contributed by atoms with E-state index in [1.54, 1.807) is 6.92 Å². The van der Waals surface area contributed by atoms with Crippen LogP contribution in [0, 0.1) is 5.92 Å². The van der Waals surface area contributed by atoms with Crippen molar-refractivity contribution < 1.29 is 14.6 Å². The molecule has 3 nitrogen and oxygen atoms in total. The average molecular weight is 172 g/mol. The summed E-state index contributed by atoms with van der Waals surface area (Å²) >= 11 is 0. The first-order chi connectivity index (χ1) is 5.58. The van der Waals surface area contributed by atoms with E-state index in [1.165, 1.54) is 0 Å². The highest BCUT2D eigenvalue weighted by molar-refractivity contribution is 5.79. The van der Waals surface area contributed by atoms with E-state index in [0.717, 1.165) is 6.42 Å². The lowest BCUT2D eigenvalue weighted by Crippen LogP contribution is -2.37. The molecular weight excluding hydrogens is 156 g/mol. The third kappa shape index (κ3) is 1.78. The third-order valence-electron chi connectivity index (χ3n) is 2.39. The van der Waals surface area contributed by atoms with Crippen molar-refractivity contribution in [1.29, 1.82) is 0 Å². The van der Waals surface area contributed by atoms with E-state index < -0.39 is 11.6 Å². The third-order valence-corrected chi connectivity index (χ3v) is 2.39. The van der Waals surface area contributed by atoms with E-state index in [-0.39, 0.29) is 0 Å². The molecule has 70 valence electrons. The normalized spacial score (nSPS) is 35.1. The van der Waals surface area contributed by atoms with Gasteiger partial charge < -0.3 is 9.84 Å². The van der Waals surface area contributed by atoms with Crippen LogP contribution in [0.2, 0.25) is 0 Å². The summed E-state index contributed by atoms with van der Waals surface area (Å²) in [6.07, 6.45) is 2.01. The Kier molecular flexibility index (Phi) is 2.73. The van der Waals surface area contributed by atoms with Gasteiger partial charge in [0.2, 0.25) is 0 Å². The predicted octanol–water partition coefficient (Wildman–Crippen LogP) is 1.10. The van der Waals surface area contributed by atoms with Crippen LogP contribution in [0.25, 0.3) is 0 Å². The molecule has 12 heavy (non-hydrogen) atoms. The van der Waals surface area contributed by atoms with Crippen molar-refractivity contribution in [1.82, 2.24) is 0 Å². The van der Waals surface area contributed by atoms with E-state index in [9.17, 15) is 9.90 Å². The highest BCUT2D eigenvalue weighted by Crippen LogP contribution is 2.34. The Morgan fingerprint density at radius 1 is 1.75 bits per heavy atom. The van der Waals surface area contributed by atoms with Crippen molar-refractivity contribution in [2.45, 2.75) is 38.7 Å². The van der Waals surface area contributed by atoms with Gasteiger partial charge in [-0.25, -0.2) is 4.79 Å². The predicted molar refractivity (Wildman–Crippen MR) is 44.6 cm³/mol. The maximum atomic E-state index is 11.2. The maximum absolute atomic E-state index is 11.2. The average Bonchev–Trinajstić information content (AvgIpc) is 2.33. The van der Waals surface area contributed by atoms with E-state index in [0.29, 0.717) is 25.4 Å². The molecule has 0 radical (unpaired) electrons. The van der Waals surface area contributed by atoms with E-state index in [2.05, 4.69) is 0 Å². The molecule has 1 aliphatic carbocycles. The Hall–Kier alpha value is -0.570. The minimum Gasteiger partial charge on any atom is -0.464 e. The number of aliphatic hydroxyl groups is 1. The van der Waals surface area contributed by atoms with Crippen LogP contribution in [0.4, 0.5) is 0 Å². The summed E-state index contributed by atoms with van der Waals surface area (Å²) in [5.74, 6) is -0.0197. The van der Waals surface area contributed by atoms with Crippen molar-refractivity contribution in [3.63, 3.8) is 0 Å². The Morgan fingerprint density at radius 3 is 2.83 bits per heavy atom. The quantitative estimate of drug-likeness (QED) is 0.634. The van der Waals surface area contributed by atoms with E-state index >= 15 is 0 Å². The van der Waals surface area contributed by atoms with Gasteiger partial charge in [-0.2, -0.15) is 0 Å². The zero-order valence-corrected chi connectivity index (χ0v) is 7.67. The van der Waals surface area contributed by atoms with Gasteiger partial charge in [0.15, 0.2) is 5.60 Å². The SMILES string of the molecule is CCOC(=O)C1(O)CCC(C)C1. The Bertz CT molecular complexity index is 179. The van der Waals surface area contributed by atoms with Crippen LogP contribution in [-0.2, 0) is 9.53 Å². The number of hydrogen-bond acceptors (Lipinski definition) is 3. The summed E-state index contributed by atoms with van der Waals surface area (Å²) in [7, 11) is 0. The number of carbonyl (C=O) groups excluding carboxylic acids is 1. The van der Waals surface area contributed by atoms with Crippen LogP contribution in [0.15, 0.2) is 0 Å². The van der Waals surface area contributed by atoms with E-state index in [1.807, 2.05) is 6.92 Å². The number of rotatable bonds is 2. The number of ether oxygens (including phenoxy) is 1. The van der Waals surface area contributed by atoms with Crippen LogP contribution in [0.1, 0.15) is 33.1 Å². The minimum absolute atomic E-state index is 0.343. The molecule has 2 unspecified atom stereocenters. The summed E-state index contributed by atoms with van der Waals surface area (Å²) in [6.45, 7) is 4.13. The summed E-state index contributed by atoms with van der Waals surface area (Å²) in [5.41, 5.74) is -1.19. The highest BCUT2D eigenvalue weighted by atomic mass is 16.5. The second-order valence-corrected chi connectivity index (χ2v) is 3.60. The summed E-state index contributed by atoms with van der Waals surface area (Å²) in [4.78, 5) is 11.2. The van der Waals surface area contributed by atoms with Gasteiger partial charge >= 0.3 is 5.97 Å². The van der Waals surface area contributed by atoms with Gasteiger partial charge in [0.25, 0.3) is 0 Å². The first-order valence-electron chi connectivity index (χ1n) is 4.48. The molecule has 1 N–H and O–H groups in total. The second kappa shape index (κ2) is 3.44. The van der Waals surface area contributed by atoms with Crippen LogP contribution < -0.4 is 0 Å². The molecule has 1 aliphatic rings. The Balaban J connectivity index is 2.54. The topological polar surface area (TPSA) is 46.5 Å². The van der Waals surface area contributed by atoms with Crippen molar-refractivity contribution in [3.8, 4) is 0 Å². The number of hydrogen-bond donors (Lipinski definition) is 1. The second-order valence-electron chi connectivity index (χ2n) is 3.60. The van der Waals surface area contributed by atoms with Crippen molar-refractivity contribution in [3.05, 3.63) is 0 Å². The fourth-order valence-electron chi connectivity index (χ4n) is 1.72. The van der Waals surface area contributed by atoms with Crippen molar-refractivity contribution in [2.75, 3.05) is 6.61 Å². The summed E-state index contributed by atoms with van der Waals surface area (Å²) in [5, 5.41) is 9.79. The van der Waals surface area contributed by atoms with Gasteiger partial charge in [0, 0.05) is 0 Å². The minimum atomic E-state index is -1.19. The van der Waals surface area contributed by atoms with Gasteiger partial charge in [-0.15, -0.1) is 0 Å². The van der Waals surface area contributed by atoms with E-state index in [4.69, 9.17) is 4.74 Å². The maximum Gasteiger partial charge on any atom is 0.338 e. The first kappa shape index (κ1) is 9.52. The van der Waals surface area contributed by atoms with Crippen LogP contribution in [-0.4, -0.2) is 23.3 Å². The first-order valence-corrected chi connectivity index (χ1v) is 4.48. The monoisotopic (exact) mass is 172 g/mol. The highest BCUT2D eigenvalue weighted by Gasteiger charge is 2.43. The molecule has 1 saturated carbocycles. The number of esters is 1. The van der Waals surface area contributed by atoms with Crippen molar-refractivity contribution >= 4 is 5.97 Å². The molecule has 0 aromatic carbocycles. The lowest BCUT2D eigenvalue weighted by molar-refractivity contribution is -0.164. The van der Waals surface area contributed by atoms with Gasteiger partial charge in [-0.1, -0.05) is 6.92 Å². The Morgan fingerprint density at radius 2 is 2.42 bits per heavy atom. The molecule has 0 amide bonds. The Labute approximate surface area is 72.7 Å². The van der Waals surface area contributed by atoms with Crippen molar-refractivity contribution in [2.24, 2.45) is 5.92 Å². The molecule has 0 aromatic heterocycles. The largest absolute Gasteiger partial charge is 0.464 e. The van der Waals surface area contributed by atoms with Gasteiger partial charge in [-0.3, -0.25) is 0 Å². The molecule has 1 rings (SSSR count). The fraction of sp³-hybridized carbons (Fsp3) is 0.889. The lowest BCUT2D eigenvalue weighted by atomic mass is 10.0. The van der Waals surface area contributed by atoms with Gasteiger partial charge in [0.05, 0.1) is 6.61 Å². The molecule has 0 bridgehead atoms. The van der Waals surface area contributed by atoms with Crippen LogP contribution >= 0.6 is 0 Å². The zero-order valence-electron chi connectivity index (χ0n) is 7.67. The summed E-state index contributed by atoms with van der Waals surface area (Å²) in [6, 6.07) is 0. The van der Waals surface area contributed by atoms with Crippen LogP contribution in [0.5, 0.6) is 0 Å². The molecule has 0 aromatic rings. The zero-order chi connectivity index (χ0) is 9.19. The molecule has 0 spiro atoms. The standard InChI is InChI=1S/C9H16O3/c1-3-12-8(10)9(11)5-4-7(2)6-9/h7,11H,3-6H2,1-2H3. The molecule has 0 aliphatic heterocycles. The lowest BCUT2D eigenvalue weighted by Gasteiger charge is -2.19. The fourth-order valence-corrected chi connectivity index (χ4v) is 1.72. The molecule has 3 heteroatoms. The number of carbonyl (C=O) groups is 1. The molecule has 1 fully saturated rings. The molecule has 0 heterocycles. The molecular formula is C9H16O3. The van der Waals surface area contributed by atoms with Gasteiger partial charge in [0.1, 0.15) is 0 Å². The molecule has 2 atom stereocenters. The van der Waals surface area contributed by atoms with Crippen LogP contribution in [0.3, 0.4) is 0 Å². The van der Waals surface area contributed by atoms with Gasteiger partial charge in [-0.05, 0) is 32.1 Å². The smallest absolute Gasteiger partial charge is 0.338 e. The molecule has 0 saturated heterocycles. The summed E-state index contributed by atoms with van der Waals surface area (Å²) < 4.78 is 4.79.